The van der Waals surface area contributed by atoms with Crippen LogP contribution in [0.1, 0.15) is 42.5 Å². The molecular formula is C19H25N3O4. The quantitative estimate of drug-likeness (QED) is 0.881. The highest BCUT2D eigenvalue weighted by atomic mass is 16.7. The van der Waals surface area contributed by atoms with E-state index >= 15 is 0 Å². The molecule has 1 aromatic rings. The van der Waals surface area contributed by atoms with E-state index in [4.69, 9.17) is 9.47 Å². The number of pyridine rings is 1. The number of nitrogens with one attached hydrogen (secondary N) is 1. The Bertz CT molecular complexity index is 650. The molecule has 0 radical (unpaired) electrons. The summed E-state index contributed by atoms with van der Waals surface area (Å²) in [5.74, 6) is -0.598. The molecule has 3 fully saturated rings. The number of piperidine rings is 1. The van der Waals surface area contributed by atoms with Crippen molar-refractivity contribution in [1.82, 2.24) is 15.2 Å². The lowest BCUT2D eigenvalue weighted by atomic mass is 9.97. The number of carbonyl (C=O) groups is 2. The largest absolute Gasteiger partial charge is 0.349 e. The number of nitrogens with zero attached hydrogens (tertiary/aromatic N) is 2. The molecule has 3 aliphatic rings. The highest BCUT2D eigenvalue weighted by Crippen LogP contribution is 2.34. The van der Waals surface area contributed by atoms with Gasteiger partial charge in [-0.3, -0.25) is 14.6 Å². The third kappa shape index (κ3) is 3.46. The van der Waals surface area contributed by atoms with E-state index in [0.717, 1.165) is 32.1 Å². The van der Waals surface area contributed by atoms with Crippen LogP contribution < -0.4 is 5.32 Å². The molecule has 3 heterocycles. The van der Waals surface area contributed by atoms with E-state index in [1.54, 1.807) is 24.5 Å². The first-order valence-corrected chi connectivity index (χ1v) is 9.44. The fraction of sp³-hybridized carbons (Fsp3) is 0.632. The average Bonchev–Trinajstić information content (AvgIpc) is 3.32. The Morgan fingerprint density at radius 2 is 1.81 bits per heavy atom. The van der Waals surface area contributed by atoms with Crippen molar-refractivity contribution in [3.63, 3.8) is 0 Å². The Hall–Kier alpha value is -1.99. The minimum Gasteiger partial charge on any atom is -0.349 e. The maximum Gasteiger partial charge on any atom is 0.251 e. The zero-order chi connectivity index (χ0) is 18.0. The summed E-state index contributed by atoms with van der Waals surface area (Å²) in [6.07, 6.45) is 7.28. The van der Waals surface area contributed by atoms with E-state index in [-0.39, 0.29) is 23.8 Å². The van der Waals surface area contributed by atoms with Gasteiger partial charge in [-0.05, 0) is 25.0 Å². The molecule has 26 heavy (non-hydrogen) atoms. The Labute approximate surface area is 153 Å². The second kappa shape index (κ2) is 7.32. The van der Waals surface area contributed by atoms with Gasteiger partial charge in [0.2, 0.25) is 5.91 Å². The van der Waals surface area contributed by atoms with Gasteiger partial charge < -0.3 is 19.7 Å². The van der Waals surface area contributed by atoms with E-state index in [1.807, 2.05) is 4.90 Å². The number of likely N-dealkylation sites (tertiary alicyclic amines) is 1. The van der Waals surface area contributed by atoms with Crippen LogP contribution in [0, 0.1) is 5.92 Å². The molecule has 0 unspecified atom stereocenters. The Kier molecular flexibility index (Phi) is 4.91. The average molecular weight is 359 g/mol. The Morgan fingerprint density at radius 3 is 2.50 bits per heavy atom. The molecule has 0 aromatic carbocycles. The molecule has 140 valence electrons. The zero-order valence-corrected chi connectivity index (χ0v) is 14.9. The molecule has 7 nitrogen and oxygen atoms in total. The van der Waals surface area contributed by atoms with Crippen molar-refractivity contribution in [2.75, 3.05) is 26.3 Å². The van der Waals surface area contributed by atoms with Crippen LogP contribution in [0.15, 0.2) is 24.5 Å². The van der Waals surface area contributed by atoms with Crippen molar-refractivity contribution in [2.24, 2.45) is 5.92 Å². The number of aromatic nitrogens is 1. The van der Waals surface area contributed by atoms with E-state index < -0.39 is 5.79 Å². The third-order valence-corrected chi connectivity index (χ3v) is 5.74. The first-order chi connectivity index (χ1) is 12.7. The van der Waals surface area contributed by atoms with Crippen molar-refractivity contribution in [1.29, 1.82) is 0 Å². The van der Waals surface area contributed by atoms with Crippen LogP contribution in [-0.4, -0.2) is 59.8 Å². The van der Waals surface area contributed by atoms with Crippen molar-refractivity contribution >= 4 is 11.8 Å². The maximum atomic E-state index is 13.0. The lowest BCUT2D eigenvalue weighted by molar-refractivity contribution is -0.188. The molecule has 7 heteroatoms. The summed E-state index contributed by atoms with van der Waals surface area (Å²) in [5.41, 5.74) is 0.577. The first-order valence-electron chi connectivity index (χ1n) is 9.44. The smallest absolute Gasteiger partial charge is 0.251 e. The van der Waals surface area contributed by atoms with E-state index in [1.165, 1.54) is 0 Å². The molecule has 2 amide bonds. The van der Waals surface area contributed by atoms with Gasteiger partial charge in [0.1, 0.15) is 0 Å². The molecule has 2 aliphatic heterocycles. The first kappa shape index (κ1) is 17.4. The summed E-state index contributed by atoms with van der Waals surface area (Å²) >= 11 is 0. The molecule has 0 bridgehead atoms. The second-order valence-electron chi connectivity index (χ2n) is 7.29. The van der Waals surface area contributed by atoms with Crippen LogP contribution in [0.2, 0.25) is 0 Å². The molecule has 4 rings (SSSR count). The van der Waals surface area contributed by atoms with Crippen molar-refractivity contribution in [2.45, 2.75) is 43.9 Å². The van der Waals surface area contributed by atoms with Crippen LogP contribution in [-0.2, 0) is 14.3 Å². The van der Waals surface area contributed by atoms with Crippen LogP contribution in [0.3, 0.4) is 0 Å². The number of hydrogen-bond donors (Lipinski definition) is 1. The summed E-state index contributed by atoms with van der Waals surface area (Å²) < 4.78 is 11.5. The van der Waals surface area contributed by atoms with Gasteiger partial charge in [0.25, 0.3) is 5.91 Å². The van der Waals surface area contributed by atoms with Gasteiger partial charge in [0.05, 0.1) is 19.1 Å². The summed E-state index contributed by atoms with van der Waals surface area (Å²) in [6.45, 7) is 2.58. The third-order valence-electron chi connectivity index (χ3n) is 5.74. The van der Waals surface area contributed by atoms with Gasteiger partial charge in [0, 0.05) is 49.9 Å². The van der Waals surface area contributed by atoms with E-state index in [2.05, 4.69) is 10.3 Å². The fourth-order valence-electron chi connectivity index (χ4n) is 4.27. The monoisotopic (exact) mass is 359 g/mol. The molecule has 1 aliphatic carbocycles. The maximum absolute atomic E-state index is 13.0. The summed E-state index contributed by atoms with van der Waals surface area (Å²) in [5, 5.41) is 3.05. The molecule has 2 atom stereocenters. The van der Waals surface area contributed by atoms with Gasteiger partial charge in [-0.1, -0.05) is 6.42 Å². The summed E-state index contributed by atoms with van der Waals surface area (Å²) in [4.78, 5) is 31.3. The second-order valence-corrected chi connectivity index (χ2v) is 7.29. The number of amides is 2. The zero-order valence-electron chi connectivity index (χ0n) is 14.9. The van der Waals surface area contributed by atoms with Gasteiger partial charge in [0.15, 0.2) is 5.79 Å². The topological polar surface area (TPSA) is 80.8 Å². The predicted molar refractivity (Wildman–Crippen MR) is 93.3 cm³/mol. The summed E-state index contributed by atoms with van der Waals surface area (Å²) in [7, 11) is 0. The molecule has 1 spiro atoms. The van der Waals surface area contributed by atoms with Crippen LogP contribution in [0.25, 0.3) is 0 Å². The molecular weight excluding hydrogens is 334 g/mol. The van der Waals surface area contributed by atoms with Gasteiger partial charge in [-0.2, -0.15) is 0 Å². The standard InChI is InChI=1S/C19H25N3O4/c23-17(14-4-8-20-9-5-14)21-16-3-1-2-15(16)18(24)22-10-6-19(7-11-22)25-12-13-26-19/h4-5,8-9,15-16H,1-3,6-7,10-13H2,(H,21,23)/t15-,16+/m0/s1. The number of rotatable bonds is 3. The normalized spacial score (nSPS) is 27.6. The van der Waals surface area contributed by atoms with Crippen LogP contribution >= 0.6 is 0 Å². The fourth-order valence-corrected chi connectivity index (χ4v) is 4.27. The number of ether oxygens (including phenoxy) is 2. The van der Waals surface area contributed by atoms with Crippen LogP contribution in [0.5, 0.6) is 0 Å². The molecule has 1 saturated carbocycles. The lowest BCUT2D eigenvalue weighted by Gasteiger charge is -2.39. The van der Waals surface area contributed by atoms with Gasteiger partial charge in [-0.25, -0.2) is 0 Å². The predicted octanol–water partition coefficient (Wildman–Crippen LogP) is 1.35. The van der Waals surface area contributed by atoms with Gasteiger partial charge >= 0.3 is 0 Å². The SMILES string of the molecule is O=C(N[C@@H]1CCC[C@@H]1C(=O)N1CCC2(CC1)OCCO2)c1ccncc1. The van der Waals surface area contributed by atoms with E-state index in [9.17, 15) is 9.59 Å². The van der Waals surface area contributed by atoms with E-state index in [0.29, 0.717) is 31.9 Å². The number of hydrogen-bond acceptors (Lipinski definition) is 5. The molecule has 2 saturated heterocycles. The van der Waals surface area contributed by atoms with Crippen molar-refractivity contribution in [3.8, 4) is 0 Å². The van der Waals surface area contributed by atoms with Crippen molar-refractivity contribution in [3.05, 3.63) is 30.1 Å². The number of carbonyl (C=O) groups excluding carboxylic acids is 2. The molecule has 1 N–H and O–H groups in total. The lowest BCUT2D eigenvalue weighted by Crippen LogP contribution is -2.51. The van der Waals surface area contributed by atoms with Gasteiger partial charge in [-0.15, -0.1) is 0 Å². The Balaban J connectivity index is 1.36. The van der Waals surface area contributed by atoms with Crippen molar-refractivity contribution < 1.29 is 19.1 Å². The highest BCUT2D eigenvalue weighted by Gasteiger charge is 2.43. The minimum atomic E-state index is -0.471. The minimum absolute atomic E-state index is 0.0990. The summed E-state index contributed by atoms with van der Waals surface area (Å²) in [6, 6.07) is 3.28. The highest BCUT2D eigenvalue weighted by molar-refractivity contribution is 5.94. The van der Waals surface area contributed by atoms with Crippen LogP contribution in [0.4, 0.5) is 0 Å². The Morgan fingerprint density at radius 1 is 1.12 bits per heavy atom. The molecule has 1 aromatic heterocycles.